The molecule has 3 heterocycles. The molecule has 0 radical (unpaired) electrons. The van der Waals surface area contributed by atoms with Crippen molar-refractivity contribution in [1.82, 2.24) is 24.7 Å². The zero-order valence-electron chi connectivity index (χ0n) is 15.2. The smallest absolute Gasteiger partial charge is 0.236 e. The highest BCUT2D eigenvalue weighted by Gasteiger charge is 2.13. The van der Waals surface area contributed by atoms with Crippen molar-refractivity contribution < 1.29 is 4.79 Å². The van der Waals surface area contributed by atoms with Gasteiger partial charge in [-0.3, -0.25) is 14.3 Å². The van der Waals surface area contributed by atoms with E-state index in [4.69, 9.17) is 11.6 Å². The van der Waals surface area contributed by atoms with E-state index < -0.39 is 0 Å². The Morgan fingerprint density at radius 3 is 2.97 bits per heavy atom. The summed E-state index contributed by atoms with van der Waals surface area (Å²) < 4.78 is 1.80. The molecule has 0 saturated carbocycles. The van der Waals surface area contributed by atoms with Crippen LogP contribution in [0.3, 0.4) is 0 Å². The minimum absolute atomic E-state index is 0.173. The van der Waals surface area contributed by atoms with Gasteiger partial charge in [0.05, 0.1) is 17.1 Å². The molecule has 1 amide bonds. The van der Waals surface area contributed by atoms with Crippen molar-refractivity contribution >= 4 is 45.7 Å². The van der Waals surface area contributed by atoms with Crippen molar-refractivity contribution in [2.45, 2.75) is 12.1 Å². The number of thioether (sulfide) groups is 1. The Hall–Kier alpha value is -2.75. The maximum Gasteiger partial charge on any atom is 0.236 e. The number of rotatable bonds is 6. The van der Waals surface area contributed by atoms with Gasteiger partial charge < -0.3 is 5.32 Å². The second-order valence-corrected chi connectivity index (χ2v) is 8.21. The van der Waals surface area contributed by atoms with Crippen molar-refractivity contribution in [2.75, 3.05) is 11.1 Å². The molecule has 0 unspecified atom stereocenters. The molecule has 0 aliphatic carbocycles. The van der Waals surface area contributed by atoms with E-state index in [1.54, 1.807) is 17.1 Å². The lowest BCUT2D eigenvalue weighted by Gasteiger charge is -2.07. The first-order valence-corrected chi connectivity index (χ1v) is 10.8. The Labute approximate surface area is 180 Å². The first-order chi connectivity index (χ1) is 14.1. The van der Waals surface area contributed by atoms with Gasteiger partial charge in [0.1, 0.15) is 12.0 Å². The monoisotopic (exact) mass is 442 g/mol. The predicted molar refractivity (Wildman–Crippen MR) is 116 cm³/mol. The molecular weight excluding hydrogens is 428 g/mol. The minimum Gasteiger partial charge on any atom is -0.301 e. The molecular formula is C19H15ClN6OS2. The highest BCUT2D eigenvalue weighted by molar-refractivity contribution is 7.99. The third kappa shape index (κ3) is 4.64. The molecule has 7 nitrogen and oxygen atoms in total. The van der Waals surface area contributed by atoms with Gasteiger partial charge in [-0.05, 0) is 36.8 Å². The van der Waals surface area contributed by atoms with Gasteiger partial charge in [0, 0.05) is 16.6 Å². The predicted octanol–water partition coefficient (Wildman–Crippen LogP) is 4.48. The highest BCUT2D eigenvalue weighted by Crippen LogP contribution is 2.25. The highest BCUT2D eigenvalue weighted by atomic mass is 35.5. The number of aromatic nitrogens is 5. The van der Waals surface area contributed by atoms with Gasteiger partial charge in [0.25, 0.3) is 0 Å². The van der Waals surface area contributed by atoms with Gasteiger partial charge >= 0.3 is 0 Å². The summed E-state index contributed by atoms with van der Waals surface area (Å²) in [6.07, 6.45) is 3.31. The van der Waals surface area contributed by atoms with Gasteiger partial charge in [-0.1, -0.05) is 35.5 Å². The van der Waals surface area contributed by atoms with E-state index in [0.717, 1.165) is 22.6 Å². The second-order valence-electron chi connectivity index (χ2n) is 6.01. The normalized spacial score (nSPS) is 10.8. The van der Waals surface area contributed by atoms with Gasteiger partial charge in [-0.2, -0.15) is 0 Å². The van der Waals surface area contributed by atoms with Crippen LogP contribution >= 0.6 is 34.7 Å². The lowest BCUT2D eigenvalue weighted by molar-refractivity contribution is -0.113. The Bertz CT molecular complexity index is 1140. The van der Waals surface area contributed by atoms with Crippen LogP contribution in [0.2, 0.25) is 5.02 Å². The summed E-state index contributed by atoms with van der Waals surface area (Å²) in [5.41, 5.74) is 3.33. The van der Waals surface area contributed by atoms with Gasteiger partial charge in [0.2, 0.25) is 5.91 Å². The van der Waals surface area contributed by atoms with Crippen LogP contribution in [0.4, 0.5) is 5.13 Å². The Kier molecular flexibility index (Phi) is 5.89. The van der Waals surface area contributed by atoms with Crippen LogP contribution in [0.1, 0.15) is 5.56 Å². The summed E-state index contributed by atoms with van der Waals surface area (Å²) in [5, 5.41) is 14.5. The SMILES string of the molecule is Cc1ccc(-n2cnnc2SCC(=O)Nc2nc(-c3ccccn3)cs2)cc1Cl. The third-order valence-corrected chi connectivity index (χ3v) is 6.07. The summed E-state index contributed by atoms with van der Waals surface area (Å²) in [5.74, 6) is 0.00460. The van der Waals surface area contributed by atoms with Crippen molar-refractivity contribution in [3.05, 3.63) is 64.9 Å². The minimum atomic E-state index is -0.173. The van der Waals surface area contributed by atoms with E-state index in [-0.39, 0.29) is 11.7 Å². The Balaban J connectivity index is 1.39. The number of aryl methyl sites for hydroxylation is 1. The number of anilines is 1. The molecule has 1 aromatic carbocycles. The van der Waals surface area contributed by atoms with E-state index in [9.17, 15) is 4.79 Å². The van der Waals surface area contributed by atoms with Crippen LogP contribution in [0.25, 0.3) is 17.1 Å². The van der Waals surface area contributed by atoms with Crippen molar-refractivity contribution in [2.24, 2.45) is 0 Å². The number of hydrogen-bond acceptors (Lipinski definition) is 7. The summed E-state index contributed by atoms with van der Waals surface area (Å²) in [7, 11) is 0. The fourth-order valence-corrected chi connectivity index (χ4v) is 4.10. The van der Waals surface area contributed by atoms with Crippen LogP contribution < -0.4 is 5.32 Å². The molecule has 0 atom stereocenters. The van der Waals surface area contributed by atoms with Crippen molar-refractivity contribution in [3.63, 3.8) is 0 Å². The molecule has 0 aliphatic heterocycles. The lowest BCUT2D eigenvalue weighted by Crippen LogP contribution is -2.14. The number of nitrogens with one attached hydrogen (secondary N) is 1. The van der Waals surface area contributed by atoms with E-state index in [1.807, 2.05) is 48.7 Å². The van der Waals surface area contributed by atoms with Crippen molar-refractivity contribution in [1.29, 1.82) is 0 Å². The molecule has 0 bridgehead atoms. The molecule has 1 N–H and O–H groups in total. The molecule has 0 saturated heterocycles. The van der Waals surface area contributed by atoms with Crippen LogP contribution in [0.5, 0.6) is 0 Å². The number of carbonyl (C=O) groups is 1. The zero-order valence-corrected chi connectivity index (χ0v) is 17.6. The van der Waals surface area contributed by atoms with E-state index in [0.29, 0.717) is 15.3 Å². The van der Waals surface area contributed by atoms with Crippen LogP contribution in [-0.2, 0) is 4.79 Å². The van der Waals surface area contributed by atoms with Crippen LogP contribution in [-0.4, -0.2) is 36.4 Å². The number of carbonyl (C=O) groups excluding carboxylic acids is 1. The van der Waals surface area contributed by atoms with Gasteiger partial charge in [-0.15, -0.1) is 21.5 Å². The number of thiazole rings is 1. The zero-order chi connectivity index (χ0) is 20.2. The number of nitrogens with zero attached hydrogens (tertiary/aromatic N) is 5. The summed E-state index contributed by atoms with van der Waals surface area (Å²) in [6.45, 7) is 1.94. The van der Waals surface area contributed by atoms with Crippen LogP contribution in [0.15, 0.2) is 59.5 Å². The fraction of sp³-hybridized carbons (Fsp3) is 0.105. The molecule has 3 aromatic heterocycles. The largest absolute Gasteiger partial charge is 0.301 e. The summed E-state index contributed by atoms with van der Waals surface area (Å²) in [4.78, 5) is 21.0. The molecule has 0 aliphatic rings. The average molecular weight is 443 g/mol. The summed E-state index contributed by atoms with van der Waals surface area (Å²) in [6, 6.07) is 11.3. The molecule has 146 valence electrons. The Morgan fingerprint density at radius 2 is 2.17 bits per heavy atom. The Morgan fingerprint density at radius 1 is 1.28 bits per heavy atom. The number of halogens is 1. The summed E-state index contributed by atoms with van der Waals surface area (Å²) >= 11 is 8.86. The lowest BCUT2D eigenvalue weighted by atomic mass is 10.2. The second kappa shape index (κ2) is 8.73. The number of benzene rings is 1. The average Bonchev–Trinajstić information content (AvgIpc) is 3.39. The van der Waals surface area contributed by atoms with Gasteiger partial charge in [-0.25, -0.2) is 4.98 Å². The molecule has 0 spiro atoms. The molecule has 10 heteroatoms. The number of hydrogen-bond donors (Lipinski definition) is 1. The number of amides is 1. The van der Waals surface area contributed by atoms with Gasteiger partial charge in [0.15, 0.2) is 10.3 Å². The standard InChI is InChI=1S/C19H15ClN6OS2/c1-12-5-6-13(8-14(12)20)26-11-22-25-19(26)29-10-17(27)24-18-23-16(9-28-18)15-4-2-3-7-21-15/h2-9,11H,10H2,1H3,(H,23,24,27). The molecule has 0 fully saturated rings. The van der Waals surface area contributed by atoms with E-state index in [2.05, 4.69) is 25.5 Å². The van der Waals surface area contributed by atoms with Crippen LogP contribution in [0, 0.1) is 6.92 Å². The fourth-order valence-electron chi connectivity index (χ4n) is 2.48. The maximum absolute atomic E-state index is 12.3. The first-order valence-electron chi connectivity index (χ1n) is 8.56. The topological polar surface area (TPSA) is 85.6 Å². The maximum atomic E-state index is 12.3. The first kappa shape index (κ1) is 19.6. The molecule has 4 aromatic rings. The van der Waals surface area contributed by atoms with E-state index >= 15 is 0 Å². The van der Waals surface area contributed by atoms with E-state index in [1.165, 1.54) is 23.1 Å². The third-order valence-electron chi connectivity index (χ3n) is 3.96. The molecule has 4 rings (SSSR count). The number of pyridine rings is 1. The van der Waals surface area contributed by atoms with Crippen molar-refractivity contribution in [3.8, 4) is 17.1 Å². The quantitative estimate of drug-likeness (QED) is 0.443. The molecule has 29 heavy (non-hydrogen) atoms.